The Morgan fingerprint density at radius 1 is 1.54 bits per heavy atom. The highest BCUT2D eigenvalue weighted by Crippen LogP contribution is 1.99. The van der Waals surface area contributed by atoms with Gasteiger partial charge in [-0.15, -0.1) is 0 Å². The molecule has 0 rings (SSSR count). The Labute approximate surface area is 82.1 Å². The van der Waals surface area contributed by atoms with E-state index in [1.807, 2.05) is 13.2 Å². The number of thioether (sulfide) groups is 1. The maximum atomic E-state index is 10.9. The monoisotopic (exact) mass is 205 g/mol. The van der Waals surface area contributed by atoms with E-state index in [1.54, 1.807) is 11.8 Å². The summed E-state index contributed by atoms with van der Waals surface area (Å²) in [7, 11) is 0. The Morgan fingerprint density at radius 2 is 2.15 bits per heavy atom. The molecule has 76 valence electrons. The minimum Gasteiger partial charge on any atom is -0.481 e. The van der Waals surface area contributed by atoms with Gasteiger partial charge < -0.3 is 10.4 Å². The fourth-order valence-electron chi connectivity index (χ4n) is 0.830. The third kappa shape index (κ3) is 7.64. The highest BCUT2D eigenvalue weighted by atomic mass is 32.2. The summed E-state index contributed by atoms with van der Waals surface area (Å²) >= 11 is 1.70. The van der Waals surface area contributed by atoms with Crippen LogP contribution in [-0.2, 0) is 9.59 Å². The highest BCUT2D eigenvalue weighted by molar-refractivity contribution is 7.98. The summed E-state index contributed by atoms with van der Waals surface area (Å²) in [5.74, 6) is -0.537. The number of amides is 1. The minimum atomic E-state index is -1.09. The first-order chi connectivity index (χ1) is 6.06. The first-order valence-electron chi connectivity index (χ1n) is 4.06. The second kappa shape index (κ2) is 6.77. The van der Waals surface area contributed by atoms with Crippen LogP contribution in [0.3, 0.4) is 0 Å². The number of hydrogen-bond donors (Lipinski definition) is 2. The lowest BCUT2D eigenvalue weighted by Crippen LogP contribution is -2.34. The van der Waals surface area contributed by atoms with Gasteiger partial charge in [-0.1, -0.05) is 0 Å². The van der Waals surface area contributed by atoms with Crippen LogP contribution in [0, 0.1) is 0 Å². The molecule has 0 heterocycles. The van der Waals surface area contributed by atoms with Crippen molar-refractivity contribution in [1.82, 2.24) is 5.32 Å². The van der Waals surface area contributed by atoms with E-state index in [2.05, 4.69) is 5.32 Å². The molecule has 1 atom stereocenters. The van der Waals surface area contributed by atoms with Gasteiger partial charge in [0, 0.05) is 6.04 Å². The quantitative estimate of drug-likeness (QED) is 0.627. The van der Waals surface area contributed by atoms with Crippen molar-refractivity contribution in [2.45, 2.75) is 25.8 Å². The van der Waals surface area contributed by atoms with E-state index < -0.39 is 18.3 Å². The Kier molecular flexibility index (Phi) is 6.40. The maximum Gasteiger partial charge on any atom is 0.312 e. The van der Waals surface area contributed by atoms with Crippen molar-refractivity contribution >= 4 is 23.6 Å². The summed E-state index contributed by atoms with van der Waals surface area (Å²) in [5, 5.41) is 10.9. The van der Waals surface area contributed by atoms with Crippen molar-refractivity contribution in [3.8, 4) is 0 Å². The molecule has 0 aromatic heterocycles. The Bertz CT molecular complexity index is 184. The summed E-state index contributed by atoms with van der Waals surface area (Å²) in [6.07, 6.45) is 2.42. The summed E-state index contributed by atoms with van der Waals surface area (Å²) in [6, 6.07) is 0.0549. The van der Waals surface area contributed by atoms with E-state index in [0.29, 0.717) is 0 Å². The number of carbonyl (C=O) groups excluding carboxylic acids is 1. The number of hydrogen-bond acceptors (Lipinski definition) is 3. The molecule has 2 N–H and O–H groups in total. The van der Waals surface area contributed by atoms with Crippen LogP contribution >= 0.6 is 11.8 Å². The molecule has 0 fully saturated rings. The van der Waals surface area contributed by atoms with E-state index >= 15 is 0 Å². The van der Waals surface area contributed by atoms with E-state index in [-0.39, 0.29) is 6.04 Å². The normalized spacial score (nSPS) is 12.2. The number of nitrogens with one attached hydrogen (secondary N) is 1. The molecule has 0 aliphatic carbocycles. The van der Waals surface area contributed by atoms with Crippen LogP contribution in [0.1, 0.15) is 19.8 Å². The van der Waals surface area contributed by atoms with Gasteiger partial charge in [-0.25, -0.2) is 0 Å². The molecule has 0 aliphatic rings. The van der Waals surface area contributed by atoms with E-state index in [9.17, 15) is 9.59 Å². The average molecular weight is 205 g/mol. The fourth-order valence-corrected chi connectivity index (χ4v) is 1.42. The largest absolute Gasteiger partial charge is 0.481 e. The minimum absolute atomic E-state index is 0.0549. The smallest absolute Gasteiger partial charge is 0.312 e. The van der Waals surface area contributed by atoms with Gasteiger partial charge in [-0.3, -0.25) is 9.59 Å². The topological polar surface area (TPSA) is 66.4 Å². The Morgan fingerprint density at radius 3 is 2.62 bits per heavy atom. The summed E-state index contributed by atoms with van der Waals surface area (Å²) in [5.41, 5.74) is 0. The van der Waals surface area contributed by atoms with Gasteiger partial charge in [0.15, 0.2) is 0 Å². The number of carboxylic acids is 1. The van der Waals surface area contributed by atoms with Gasteiger partial charge >= 0.3 is 5.97 Å². The molecule has 4 nitrogen and oxygen atoms in total. The Hall–Kier alpha value is -0.710. The summed E-state index contributed by atoms with van der Waals surface area (Å²) in [6.45, 7) is 1.87. The van der Waals surface area contributed by atoms with E-state index in [1.165, 1.54) is 0 Å². The molecule has 0 aromatic rings. The van der Waals surface area contributed by atoms with Crippen LogP contribution in [0.5, 0.6) is 0 Å². The molecular weight excluding hydrogens is 190 g/mol. The van der Waals surface area contributed by atoms with E-state index in [0.717, 1.165) is 12.2 Å². The SMILES string of the molecule is CSCCC(C)NC(=O)CC(=O)O. The second-order valence-electron chi connectivity index (χ2n) is 2.82. The second-order valence-corrected chi connectivity index (χ2v) is 3.81. The van der Waals surface area contributed by atoms with Crippen LogP contribution in [-0.4, -0.2) is 35.0 Å². The zero-order valence-corrected chi connectivity index (χ0v) is 8.69. The lowest BCUT2D eigenvalue weighted by Gasteiger charge is -2.11. The van der Waals surface area contributed by atoms with Gasteiger partial charge in [0.25, 0.3) is 0 Å². The molecule has 1 amide bonds. The molecular formula is C8H15NO3S. The Balaban J connectivity index is 3.59. The van der Waals surface area contributed by atoms with Crippen LogP contribution in [0.2, 0.25) is 0 Å². The van der Waals surface area contributed by atoms with Gasteiger partial charge in [0.1, 0.15) is 6.42 Å². The van der Waals surface area contributed by atoms with Crippen LogP contribution in [0.15, 0.2) is 0 Å². The van der Waals surface area contributed by atoms with Gasteiger partial charge in [-0.05, 0) is 25.4 Å². The molecule has 0 bridgehead atoms. The molecule has 0 spiro atoms. The average Bonchev–Trinajstić information content (AvgIpc) is 1.98. The lowest BCUT2D eigenvalue weighted by molar-refractivity contribution is -0.140. The molecule has 5 heteroatoms. The number of carboxylic acid groups (broad SMARTS) is 1. The van der Waals surface area contributed by atoms with Crippen LogP contribution in [0.25, 0.3) is 0 Å². The molecule has 1 unspecified atom stereocenters. The molecule has 0 aromatic carbocycles. The number of aliphatic carboxylic acids is 1. The highest BCUT2D eigenvalue weighted by Gasteiger charge is 2.10. The predicted octanol–water partition coefficient (Wildman–Crippen LogP) is 0.719. The molecule has 0 radical (unpaired) electrons. The standard InChI is InChI=1S/C8H15NO3S/c1-6(3-4-13-2)9-7(10)5-8(11)12/h6H,3-5H2,1-2H3,(H,9,10)(H,11,12). The molecule has 13 heavy (non-hydrogen) atoms. The van der Waals surface area contributed by atoms with Gasteiger partial charge in [0.2, 0.25) is 5.91 Å². The van der Waals surface area contributed by atoms with Gasteiger partial charge in [-0.2, -0.15) is 11.8 Å². The molecule has 0 saturated heterocycles. The van der Waals surface area contributed by atoms with Crippen LogP contribution in [0.4, 0.5) is 0 Å². The number of rotatable bonds is 6. The summed E-state index contributed by atoms with van der Waals surface area (Å²) < 4.78 is 0. The third-order valence-electron chi connectivity index (χ3n) is 1.47. The van der Waals surface area contributed by atoms with Crippen molar-refractivity contribution in [1.29, 1.82) is 0 Å². The number of carbonyl (C=O) groups is 2. The van der Waals surface area contributed by atoms with Crippen molar-refractivity contribution in [2.24, 2.45) is 0 Å². The predicted molar refractivity (Wildman–Crippen MR) is 52.9 cm³/mol. The first kappa shape index (κ1) is 12.3. The first-order valence-corrected chi connectivity index (χ1v) is 5.45. The van der Waals surface area contributed by atoms with Crippen molar-refractivity contribution in [3.05, 3.63) is 0 Å². The van der Waals surface area contributed by atoms with E-state index in [4.69, 9.17) is 5.11 Å². The lowest BCUT2D eigenvalue weighted by atomic mass is 10.2. The van der Waals surface area contributed by atoms with Crippen LogP contribution < -0.4 is 5.32 Å². The van der Waals surface area contributed by atoms with Crippen molar-refractivity contribution in [2.75, 3.05) is 12.0 Å². The van der Waals surface area contributed by atoms with Crippen molar-refractivity contribution in [3.63, 3.8) is 0 Å². The zero-order valence-electron chi connectivity index (χ0n) is 7.87. The zero-order chi connectivity index (χ0) is 10.3. The molecule has 0 aliphatic heterocycles. The van der Waals surface area contributed by atoms with Crippen molar-refractivity contribution < 1.29 is 14.7 Å². The third-order valence-corrected chi connectivity index (χ3v) is 2.12. The maximum absolute atomic E-state index is 10.9. The molecule has 0 saturated carbocycles. The van der Waals surface area contributed by atoms with Gasteiger partial charge in [0.05, 0.1) is 0 Å². The summed E-state index contributed by atoms with van der Waals surface area (Å²) in [4.78, 5) is 21.1. The fraction of sp³-hybridized carbons (Fsp3) is 0.750.